The maximum atomic E-state index is 13.8. The van der Waals surface area contributed by atoms with Crippen LogP contribution in [0, 0.1) is 0 Å². The Morgan fingerprint density at radius 2 is 1.65 bits per heavy atom. The highest BCUT2D eigenvalue weighted by Crippen LogP contribution is 2.53. The van der Waals surface area contributed by atoms with Crippen molar-refractivity contribution in [2.24, 2.45) is 0 Å². The number of alkyl halides is 4. The van der Waals surface area contributed by atoms with Gasteiger partial charge in [-0.1, -0.05) is 30.3 Å². The zero-order valence-corrected chi connectivity index (χ0v) is 9.50. The Hall–Kier alpha value is -0.910. The van der Waals surface area contributed by atoms with Crippen LogP contribution < -0.4 is 0 Å². The van der Waals surface area contributed by atoms with Crippen molar-refractivity contribution in [3.8, 4) is 0 Å². The van der Waals surface area contributed by atoms with Gasteiger partial charge in [-0.2, -0.15) is 17.6 Å². The molecule has 96 valence electrons. The van der Waals surface area contributed by atoms with Crippen LogP contribution in [0.2, 0.25) is 0 Å². The zero-order valence-electron chi connectivity index (χ0n) is 8.61. The van der Waals surface area contributed by atoms with Gasteiger partial charge in [0, 0.05) is 12.2 Å². The van der Waals surface area contributed by atoms with Crippen LogP contribution >= 0.6 is 7.60 Å². The summed E-state index contributed by atoms with van der Waals surface area (Å²) < 4.78 is 66.2. The summed E-state index contributed by atoms with van der Waals surface area (Å²) in [7, 11) is -4.64. The quantitative estimate of drug-likeness (QED) is 0.679. The summed E-state index contributed by atoms with van der Waals surface area (Å²) in [5.74, 6) is -4.30. The summed E-state index contributed by atoms with van der Waals surface area (Å²) in [5.41, 5.74) is -0.886. The first-order chi connectivity index (χ1) is 7.56. The highest BCUT2D eigenvalue weighted by molar-refractivity contribution is 7.51. The Morgan fingerprint density at radius 1 is 1.18 bits per heavy atom. The maximum absolute atomic E-state index is 13.8. The van der Waals surface area contributed by atoms with E-state index in [0.29, 0.717) is 6.66 Å². The van der Waals surface area contributed by atoms with Crippen LogP contribution in [0.15, 0.2) is 30.3 Å². The second-order valence-corrected chi connectivity index (χ2v) is 5.14. The third-order valence-corrected chi connectivity index (χ3v) is 2.40. The fourth-order valence-electron chi connectivity index (χ4n) is 1.15. The average molecular weight is 272 g/mol. The van der Waals surface area contributed by atoms with Crippen molar-refractivity contribution in [2.75, 3.05) is 6.66 Å². The molecule has 0 aromatic heterocycles. The molecule has 8 heteroatoms. The van der Waals surface area contributed by atoms with E-state index >= 15 is 0 Å². The van der Waals surface area contributed by atoms with Crippen LogP contribution in [0.25, 0.3) is 0 Å². The van der Waals surface area contributed by atoms with Crippen LogP contribution in [0.1, 0.15) is 5.56 Å². The molecule has 0 bridgehead atoms. The molecule has 1 rings (SSSR count). The molecule has 2 atom stereocenters. The third kappa shape index (κ3) is 3.28. The van der Waals surface area contributed by atoms with Gasteiger partial charge in [0.05, 0.1) is 0 Å². The third-order valence-electron chi connectivity index (χ3n) is 1.80. The van der Waals surface area contributed by atoms with Gasteiger partial charge in [0.2, 0.25) is 0 Å². The van der Waals surface area contributed by atoms with Crippen LogP contribution in [0.4, 0.5) is 17.6 Å². The van der Waals surface area contributed by atoms with Gasteiger partial charge in [-0.15, -0.1) is 0 Å². The normalized spacial score (nSPS) is 19.4. The Kier molecular flexibility index (Phi) is 3.66. The number of rotatable bonds is 3. The van der Waals surface area contributed by atoms with Gasteiger partial charge in [0.25, 0.3) is 0 Å². The minimum Gasteiger partial charge on any atom is -0.324 e. The van der Waals surface area contributed by atoms with Gasteiger partial charge in [-0.3, -0.25) is 9.09 Å². The topological polar surface area (TPSA) is 46.5 Å². The summed E-state index contributed by atoms with van der Waals surface area (Å²) in [6, 6.07) is 5.35. The van der Waals surface area contributed by atoms with Crippen molar-refractivity contribution >= 4 is 7.60 Å². The molecule has 0 heterocycles. The van der Waals surface area contributed by atoms with Gasteiger partial charge >= 0.3 is 19.6 Å². The van der Waals surface area contributed by atoms with E-state index in [4.69, 9.17) is 4.89 Å². The predicted molar refractivity (Wildman–Crippen MR) is 52.1 cm³/mol. The molecule has 2 unspecified atom stereocenters. The Balaban J connectivity index is 3.26. The molecule has 1 aromatic carbocycles. The highest BCUT2D eigenvalue weighted by atomic mass is 31.2. The van der Waals surface area contributed by atoms with Gasteiger partial charge < -0.3 is 4.89 Å². The molecule has 0 saturated carbocycles. The van der Waals surface area contributed by atoms with E-state index < -0.39 is 25.2 Å². The second kappa shape index (κ2) is 4.40. The lowest BCUT2D eigenvalue weighted by molar-refractivity contribution is -0.312. The summed E-state index contributed by atoms with van der Waals surface area (Å²) in [4.78, 5) is 8.77. The van der Waals surface area contributed by atoms with Gasteiger partial charge in [0.15, 0.2) is 0 Å². The van der Waals surface area contributed by atoms with Crippen molar-refractivity contribution in [1.29, 1.82) is 0 Å². The first-order valence-corrected chi connectivity index (χ1v) is 6.41. The lowest BCUT2D eigenvalue weighted by atomic mass is 10.1. The zero-order chi connectivity index (χ0) is 13.3. The van der Waals surface area contributed by atoms with Crippen LogP contribution in [-0.4, -0.2) is 17.7 Å². The average Bonchev–Trinajstić information content (AvgIpc) is 2.14. The van der Waals surface area contributed by atoms with E-state index in [1.54, 1.807) is 0 Å². The van der Waals surface area contributed by atoms with Gasteiger partial charge in [-0.05, 0) is 0 Å². The lowest BCUT2D eigenvalue weighted by Gasteiger charge is -2.28. The SMILES string of the molecule is CP(=O)(O)OC(F)(c1ccccc1)C(F)(F)F. The molecule has 0 aliphatic rings. The first-order valence-electron chi connectivity index (χ1n) is 4.38. The molecule has 0 fully saturated rings. The number of benzene rings is 1. The minimum atomic E-state index is -5.46. The Bertz CT molecular complexity index is 428. The summed E-state index contributed by atoms with van der Waals surface area (Å²) in [5, 5.41) is 0. The monoisotopic (exact) mass is 272 g/mol. The highest BCUT2D eigenvalue weighted by Gasteiger charge is 2.61. The molecular weight excluding hydrogens is 263 g/mol. The standard InChI is InChI=1S/C9H9F4O3P/c1-17(14,15)16-8(10,9(11,12)13)7-5-3-2-4-6-7/h2-6H,1H3,(H,14,15). The van der Waals surface area contributed by atoms with Crippen molar-refractivity contribution in [1.82, 2.24) is 0 Å². The maximum Gasteiger partial charge on any atom is 0.453 e. The molecule has 0 aliphatic heterocycles. The number of hydrogen-bond acceptors (Lipinski definition) is 2. The smallest absolute Gasteiger partial charge is 0.324 e. The van der Waals surface area contributed by atoms with Crippen molar-refractivity contribution in [3.05, 3.63) is 35.9 Å². The van der Waals surface area contributed by atoms with Crippen molar-refractivity contribution in [3.63, 3.8) is 0 Å². The molecule has 0 amide bonds. The molecule has 0 saturated heterocycles. The predicted octanol–water partition coefficient (Wildman–Crippen LogP) is 3.20. The Labute approximate surface area is 94.6 Å². The lowest BCUT2D eigenvalue weighted by Crippen LogP contribution is -2.39. The molecule has 0 spiro atoms. The molecule has 3 nitrogen and oxygen atoms in total. The van der Waals surface area contributed by atoms with E-state index in [-0.39, 0.29) is 0 Å². The van der Waals surface area contributed by atoms with Crippen LogP contribution in [-0.2, 0) is 14.9 Å². The summed E-state index contributed by atoms with van der Waals surface area (Å²) in [6.45, 7) is 0.482. The van der Waals surface area contributed by atoms with E-state index in [2.05, 4.69) is 4.52 Å². The number of halogens is 4. The van der Waals surface area contributed by atoms with Crippen molar-refractivity contribution < 1.29 is 31.5 Å². The Morgan fingerprint density at radius 3 is 2.00 bits per heavy atom. The van der Waals surface area contributed by atoms with E-state index in [1.165, 1.54) is 6.07 Å². The molecule has 0 radical (unpaired) electrons. The van der Waals surface area contributed by atoms with E-state index in [9.17, 15) is 22.1 Å². The first kappa shape index (κ1) is 14.2. The fraction of sp³-hybridized carbons (Fsp3) is 0.333. The summed E-state index contributed by atoms with van der Waals surface area (Å²) in [6.07, 6.45) is -5.46. The van der Waals surface area contributed by atoms with Crippen LogP contribution in [0.5, 0.6) is 0 Å². The van der Waals surface area contributed by atoms with E-state index in [1.807, 2.05) is 0 Å². The minimum absolute atomic E-state index is 0.482. The fourth-order valence-corrected chi connectivity index (χ4v) is 1.83. The van der Waals surface area contributed by atoms with Gasteiger partial charge in [-0.25, -0.2) is 0 Å². The molecule has 0 aliphatic carbocycles. The van der Waals surface area contributed by atoms with Gasteiger partial charge in [0.1, 0.15) is 0 Å². The van der Waals surface area contributed by atoms with E-state index in [0.717, 1.165) is 24.3 Å². The molecular formula is C9H9F4O3P. The molecule has 1 N–H and O–H groups in total. The largest absolute Gasteiger partial charge is 0.453 e. The summed E-state index contributed by atoms with van der Waals surface area (Å²) >= 11 is 0. The number of hydrogen-bond donors (Lipinski definition) is 1. The molecule has 17 heavy (non-hydrogen) atoms. The second-order valence-electron chi connectivity index (χ2n) is 3.35. The van der Waals surface area contributed by atoms with Crippen LogP contribution in [0.3, 0.4) is 0 Å². The van der Waals surface area contributed by atoms with Crippen molar-refractivity contribution in [2.45, 2.75) is 12.0 Å². The molecule has 1 aromatic rings.